The van der Waals surface area contributed by atoms with Crippen molar-refractivity contribution in [2.24, 2.45) is 0 Å². The Kier molecular flexibility index (Phi) is 4.78. The number of para-hydroxylation sites is 1. The third-order valence-corrected chi connectivity index (χ3v) is 5.90. The van der Waals surface area contributed by atoms with Gasteiger partial charge in [0.15, 0.2) is 0 Å². The molecule has 1 fully saturated rings. The van der Waals surface area contributed by atoms with Gasteiger partial charge < -0.3 is 9.88 Å². The quantitative estimate of drug-likeness (QED) is 0.730. The van der Waals surface area contributed by atoms with Crippen LogP contribution >= 0.6 is 11.3 Å². The predicted molar refractivity (Wildman–Crippen MR) is 101 cm³/mol. The van der Waals surface area contributed by atoms with Crippen LogP contribution in [0.5, 0.6) is 0 Å². The first-order valence-electron chi connectivity index (χ1n) is 8.97. The third kappa shape index (κ3) is 3.74. The molecule has 6 heteroatoms. The van der Waals surface area contributed by atoms with Crippen LogP contribution in [0.1, 0.15) is 49.5 Å². The molecule has 1 N–H and O–H groups in total. The first kappa shape index (κ1) is 16.3. The molecule has 0 radical (unpaired) electrons. The lowest BCUT2D eigenvalue weighted by molar-refractivity contribution is -0.116. The zero-order valence-corrected chi connectivity index (χ0v) is 15.0. The van der Waals surface area contributed by atoms with Gasteiger partial charge in [-0.15, -0.1) is 10.2 Å². The molecule has 0 bridgehead atoms. The Labute approximate surface area is 151 Å². The topological polar surface area (TPSA) is 59.8 Å². The molecule has 2 aromatic heterocycles. The van der Waals surface area contributed by atoms with Crippen LogP contribution in [0.25, 0.3) is 10.9 Å². The number of hydrogen-bond acceptors (Lipinski definition) is 4. The van der Waals surface area contributed by atoms with Gasteiger partial charge in [-0.3, -0.25) is 4.79 Å². The summed E-state index contributed by atoms with van der Waals surface area (Å²) in [6.45, 7) is 0.660. The average Bonchev–Trinajstić information content (AvgIpc) is 3.28. The van der Waals surface area contributed by atoms with Crippen LogP contribution in [0.3, 0.4) is 0 Å². The monoisotopic (exact) mass is 354 g/mol. The third-order valence-electron chi connectivity index (χ3n) is 4.90. The van der Waals surface area contributed by atoms with Gasteiger partial charge >= 0.3 is 0 Å². The second-order valence-electron chi connectivity index (χ2n) is 6.65. The molecule has 0 spiro atoms. The fourth-order valence-corrected chi connectivity index (χ4v) is 4.47. The average molecular weight is 354 g/mol. The number of carbonyl (C=O) groups excluding carboxylic acids is 1. The number of nitrogens with zero attached hydrogens (tertiary/aromatic N) is 3. The fourth-order valence-electron chi connectivity index (χ4n) is 3.54. The molecule has 3 aromatic rings. The highest BCUT2D eigenvalue weighted by molar-refractivity contribution is 7.15. The Morgan fingerprint density at radius 2 is 2.00 bits per heavy atom. The van der Waals surface area contributed by atoms with E-state index in [2.05, 4.69) is 38.3 Å². The van der Waals surface area contributed by atoms with E-state index in [0.29, 0.717) is 24.0 Å². The van der Waals surface area contributed by atoms with Crippen LogP contribution in [-0.4, -0.2) is 20.7 Å². The van der Waals surface area contributed by atoms with Gasteiger partial charge in [0.1, 0.15) is 5.01 Å². The molecule has 1 aromatic carbocycles. The molecule has 1 aliphatic carbocycles. The molecule has 1 saturated carbocycles. The van der Waals surface area contributed by atoms with Crippen LogP contribution in [0.2, 0.25) is 0 Å². The molecule has 2 heterocycles. The molecular formula is C19H22N4OS. The molecule has 1 aliphatic rings. The summed E-state index contributed by atoms with van der Waals surface area (Å²) in [7, 11) is 0. The van der Waals surface area contributed by atoms with Crippen molar-refractivity contribution in [2.75, 3.05) is 5.32 Å². The molecule has 0 unspecified atom stereocenters. The smallest absolute Gasteiger partial charge is 0.227 e. The van der Waals surface area contributed by atoms with Gasteiger partial charge in [-0.1, -0.05) is 48.8 Å². The SMILES string of the molecule is O=C(CCn1ccc2ccccc21)Nc1nnc(C2CCCCC2)s1. The largest absolute Gasteiger partial charge is 0.347 e. The molecule has 5 nitrogen and oxygen atoms in total. The first-order chi connectivity index (χ1) is 12.3. The summed E-state index contributed by atoms with van der Waals surface area (Å²) in [5.74, 6) is 0.521. The maximum Gasteiger partial charge on any atom is 0.227 e. The maximum atomic E-state index is 12.2. The summed E-state index contributed by atoms with van der Waals surface area (Å²) in [4.78, 5) is 12.2. The molecule has 4 rings (SSSR count). The second-order valence-corrected chi connectivity index (χ2v) is 7.66. The Morgan fingerprint density at radius 1 is 1.16 bits per heavy atom. The molecule has 25 heavy (non-hydrogen) atoms. The van der Waals surface area contributed by atoms with Crippen LogP contribution in [0, 0.1) is 0 Å². The van der Waals surface area contributed by atoms with Crippen molar-refractivity contribution in [1.29, 1.82) is 0 Å². The lowest BCUT2D eigenvalue weighted by Gasteiger charge is -2.18. The molecule has 0 atom stereocenters. The Morgan fingerprint density at radius 3 is 2.88 bits per heavy atom. The Hall–Kier alpha value is -2.21. The number of benzene rings is 1. The molecular weight excluding hydrogens is 332 g/mol. The van der Waals surface area contributed by atoms with Crippen LogP contribution < -0.4 is 5.32 Å². The van der Waals surface area contributed by atoms with Crippen molar-refractivity contribution < 1.29 is 4.79 Å². The highest BCUT2D eigenvalue weighted by Gasteiger charge is 2.20. The number of nitrogens with one attached hydrogen (secondary N) is 1. The number of aromatic nitrogens is 3. The van der Waals surface area contributed by atoms with E-state index >= 15 is 0 Å². The van der Waals surface area contributed by atoms with E-state index in [9.17, 15) is 4.79 Å². The highest BCUT2D eigenvalue weighted by Crippen LogP contribution is 2.35. The summed E-state index contributed by atoms with van der Waals surface area (Å²) in [5.41, 5.74) is 1.16. The van der Waals surface area contributed by atoms with Crippen molar-refractivity contribution in [2.45, 2.75) is 51.0 Å². The minimum atomic E-state index is -0.0101. The second kappa shape index (κ2) is 7.35. The van der Waals surface area contributed by atoms with E-state index in [4.69, 9.17) is 0 Å². The van der Waals surface area contributed by atoms with Gasteiger partial charge in [0.25, 0.3) is 0 Å². The minimum Gasteiger partial charge on any atom is -0.347 e. The van der Waals surface area contributed by atoms with E-state index in [0.717, 1.165) is 10.5 Å². The molecule has 1 amide bonds. The van der Waals surface area contributed by atoms with Crippen molar-refractivity contribution in [1.82, 2.24) is 14.8 Å². The standard InChI is InChI=1S/C19H22N4OS/c24-17(11-13-23-12-10-14-6-4-5-9-16(14)23)20-19-22-21-18(25-19)15-7-2-1-3-8-15/h4-6,9-10,12,15H,1-3,7-8,11,13H2,(H,20,22,24). The van der Waals surface area contributed by atoms with E-state index in [1.807, 2.05) is 18.3 Å². The van der Waals surface area contributed by atoms with Gasteiger partial charge in [0, 0.05) is 30.6 Å². The van der Waals surface area contributed by atoms with Gasteiger partial charge in [0.2, 0.25) is 11.0 Å². The summed E-state index contributed by atoms with van der Waals surface area (Å²) >= 11 is 1.53. The predicted octanol–water partition coefficient (Wildman–Crippen LogP) is 4.57. The zero-order valence-electron chi connectivity index (χ0n) is 14.1. The number of amides is 1. The molecule has 0 saturated heterocycles. The van der Waals surface area contributed by atoms with Crippen LogP contribution in [-0.2, 0) is 11.3 Å². The van der Waals surface area contributed by atoms with Gasteiger partial charge in [-0.05, 0) is 30.4 Å². The van der Waals surface area contributed by atoms with Crippen LogP contribution in [0.15, 0.2) is 36.5 Å². The van der Waals surface area contributed by atoms with E-state index in [1.54, 1.807) is 0 Å². The fraction of sp³-hybridized carbons (Fsp3) is 0.421. The number of anilines is 1. The van der Waals surface area contributed by atoms with E-state index in [1.165, 1.54) is 48.8 Å². The van der Waals surface area contributed by atoms with Crippen LogP contribution in [0.4, 0.5) is 5.13 Å². The molecule has 130 valence electrons. The summed E-state index contributed by atoms with van der Waals surface area (Å²) in [6.07, 6.45) is 8.73. The van der Waals surface area contributed by atoms with E-state index < -0.39 is 0 Å². The zero-order chi connectivity index (χ0) is 17.1. The van der Waals surface area contributed by atoms with Crippen molar-refractivity contribution in [3.05, 3.63) is 41.5 Å². The number of aryl methyl sites for hydroxylation is 1. The van der Waals surface area contributed by atoms with Gasteiger partial charge in [0.05, 0.1) is 0 Å². The normalized spacial score (nSPS) is 15.5. The van der Waals surface area contributed by atoms with Crippen molar-refractivity contribution in [3.8, 4) is 0 Å². The summed E-state index contributed by atoms with van der Waals surface area (Å²) < 4.78 is 2.11. The minimum absolute atomic E-state index is 0.0101. The number of fused-ring (bicyclic) bond motifs is 1. The highest BCUT2D eigenvalue weighted by atomic mass is 32.1. The van der Waals surface area contributed by atoms with Gasteiger partial charge in [-0.25, -0.2) is 0 Å². The summed E-state index contributed by atoms with van der Waals surface area (Å²) in [6, 6.07) is 10.3. The van der Waals surface area contributed by atoms with E-state index in [-0.39, 0.29) is 5.91 Å². The lowest BCUT2D eigenvalue weighted by Crippen LogP contribution is -2.14. The first-order valence-corrected chi connectivity index (χ1v) is 9.78. The van der Waals surface area contributed by atoms with Crippen molar-refractivity contribution >= 4 is 33.3 Å². The Balaban J connectivity index is 1.34. The lowest BCUT2D eigenvalue weighted by atomic mass is 9.90. The number of rotatable bonds is 5. The number of hydrogen-bond donors (Lipinski definition) is 1. The Bertz CT molecular complexity index is 863. The number of carbonyl (C=O) groups is 1. The van der Waals surface area contributed by atoms with Crippen molar-refractivity contribution in [3.63, 3.8) is 0 Å². The molecule has 0 aliphatic heterocycles. The maximum absolute atomic E-state index is 12.2. The summed E-state index contributed by atoms with van der Waals surface area (Å²) in [5, 5.41) is 14.3. The van der Waals surface area contributed by atoms with Gasteiger partial charge in [-0.2, -0.15) is 0 Å².